The van der Waals surface area contributed by atoms with Gasteiger partial charge in [-0.2, -0.15) is 0 Å². The summed E-state index contributed by atoms with van der Waals surface area (Å²) in [6.45, 7) is 0.912. The summed E-state index contributed by atoms with van der Waals surface area (Å²) >= 11 is 1.13. The number of carbonyl (C=O) groups excluding carboxylic acids is 1. The quantitative estimate of drug-likeness (QED) is 0.664. The fourth-order valence-corrected chi connectivity index (χ4v) is 2.07. The van der Waals surface area contributed by atoms with Crippen molar-refractivity contribution in [2.75, 3.05) is 6.54 Å². The van der Waals surface area contributed by atoms with Crippen LogP contribution in [-0.2, 0) is 8.98 Å². The van der Waals surface area contributed by atoms with Gasteiger partial charge < -0.3 is 9.50 Å². The van der Waals surface area contributed by atoms with E-state index in [2.05, 4.69) is 5.32 Å². The Labute approximate surface area is 130 Å². The molecule has 16 heavy (non-hydrogen) atoms. The monoisotopic (exact) mass is 263 g/mol. The second-order valence-corrected chi connectivity index (χ2v) is 4.25. The van der Waals surface area contributed by atoms with Gasteiger partial charge in [-0.3, -0.25) is 0 Å². The molecule has 0 amide bonds. The van der Waals surface area contributed by atoms with Crippen LogP contribution < -0.4 is 5.32 Å². The van der Waals surface area contributed by atoms with Crippen molar-refractivity contribution >= 4 is 55.8 Å². The summed E-state index contributed by atoms with van der Waals surface area (Å²) < 4.78 is 5.13. The van der Waals surface area contributed by atoms with Crippen LogP contribution in [0.25, 0.3) is 0 Å². The molecule has 0 saturated carbocycles. The summed E-state index contributed by atoms with van der Waals surface area (Å²) in [5, 5.41) is 3.10. The zero-order valence-electron chi connectivity index (χ0n) is 9.02. The Morgan fingerprint density at radius 3 is 2.75 bits per heavy atom. The minimum Gasteiger partial charge on any atom is -0.385 e. The summed E-state index contributed by atoms with van der Waals surface area (Å²) in [7, 11) is 0. The standard InChI is InChI=1S/C11H13NO2S.Ca/c13-11(10-7-4-8-12-10)14-15-9-5-2-1-3-6-9;/h1-3,5-6,10,12H,4,7-8H2;/t10-;/m0./s1. The maximum Gasteiger partial charge on any atom is 0.335 e. The Morgan fingerprint density at radius 1 is 1.38 bits per heavy atom. The smallest absolute Gasteiger partial charge is 0.335 e. The van der Waals surface area contributed by atoms with Gasteiger partial charge in [0.2, 0.25) is 0 Å². The van der Waals surface area contributed by atoms with E-state index in [9.17, 15) is 4.79 Å². The predicted octanol–water partition coefficient (Wildman–Crippen LogP) is 1.61. The topological polar surface area (TPSA) is 38.3 Å². The summed E-state index contributed by atoms with van der Waals surface area (Å²) in [5.74, 6) is -0.165. The summed E-state index contributed by atoms with van der Waals surface area (Å²) in [6.07, 6.45) is 1.93. The maximum absolute atomic E-state index is 11.5. The Kier molecular flexibility index (Phi) is 6.77. The molecule has 0 unspecified atom stereocenters. The van der Waals surface area contributed by atoms with E-state index >= 15 is 0 Å². The summed E-state index contributed by atoms with van der Waals surface area (Å²) in [6, 6.07) is 9.50. The van der Waals surface area contributed by atoms with Gasteiger partial charge in [0.15, 0.2) is 0 Å². The van der Waals surface area contributed by atoms with Gasteiger partial charge in [-0.25, -0.2) is 4.79 Å². The van der Waals surface area contributed by atoms with E-state index in [1.54, 1.807) is 0 Å². The Balaban J connectivity index is 0.00000128. The maximum atomic E-state index is 11.5. The molecule has 1 aromatic carbocycles. The van der Waals surface area contributed by atoms with Gasteiger partial charge in [0.05, 0.1) is 12.0 Å². The van der Waals surface area contributed by atoms with Crippen molar-refractivity contribution in [3.8, 4) is 0 Å². The van der Waals surface area contributed by atoms with Crippen molar-refractivity contribution < 1.29 is 8.98 Å². The number of hydrogen-bond acceptors (Lipinski definition) is 4. The number of rotatable bonds is 3. The number of nitrogens with one attached hydrogen (secondary N) is 1. The molecule has 2 radical (unpaired) electrons. The van der Waals surface area contributed by atoms with E-state index in [0.717, 1.165) is 36.3 Å². The molecule has 0 aliphatic carbocycles. The first-order valence-electron chi connectivity index (χ1n) is 5.03. The minimum atomic E-state index is -0.165. The molecule has 1 aliphatic heterocycles. The van der Waals surface area contributed by atoms with Crippen LogP contribution in [0.2, 0.25) is 0 Å². The molecule has 0 spiro atoms. The number of hydrogen-bond donors (Lipinski definition) is 1. The fraction of sp³-hybridized carbons (Fsp3) is 0.364. The Hall–Kier alpha value is 0.260. The molecular weight excluding hydrogens is 250 g/mol. The van der Waals surface area contributed by atoms with Crippen molar-refractivity contribution in [2.24, 2.45) is 0 Å². The molecule has 1 atom stereocenters. The minimum absolute atomic E-state index is 0. The van der Waals surface area contributed by atoms with Gasteiger partial charge in [-0.15, -0.1) is 0 Å². The number of benzene rings is 1. The van der Waals surface area contributed by atoms with E-state index in [4.69, 9.17) is 4.18 Å². The van der Waals surface area contributed by atoms with Crippen LogP contribution in [0.5, 0.6) is 0 Å². The van der Waals surface area contributed by atoms with Gasteiger partial charge in [0.25, 0.3) is 0 Å². The fourth-order valence-electron chi connectivity index (χ4n) is 1.51. The van der Waals surface area contributed by atoms with E-state index in [-0.39, 0.29) is 49.7 Å². The van der Waals surface area contributed by atoms with E-state index < -0.39 is 0 Å². The first-order chi connectivity index (χ1) is 7.36. The van der Waals surface area contributed by atoms with Gasteiger partial charge >= 0.3 is 5.97 Å². The molecule has 1 aromatic rings. The molecule has 0 bridgehead atoms. The molecule has 1 N–H and O–H groups in total. The second-order valence-electron chi connectivity index (χ2n) is 3.45. The Bertz CT molecular complexity index is 328. The van der Waals surface area contributed by atoms with Gasteiger partial charge in [0.1, 0.15) is 6.04 Å². The van der Waals surface area contributed by atoms with Crippen LogP contribution in [0.4, 0.5) is 0 Å². The molecule has 5 heteroatoms. The molecule has 82 valence electrons. The molecule has 1 heterocycles. The SMILES string of the molecule is O=C(OSc1ccccc1)[C@@H]1CCCN1.[Ca]. The molecule has 0 aromatic heterocycles. The van der Waals surface area contributed by atoms with Crippen LogP contribution in [-0.4, -0.2) is 56.3 Å². The summed E-state index contributed by atoms with van der Waals surface area (Å²) in [5.41, 5.74) is 0. The number of carbonyl (C=O) groups is 1. The normalized spacial score (nSPS) is 18.9. The van der Waals surface area contributed by atoms with E-state index in [1.165, 1.54) is 0 Å². The average molecular weight is 263 g/mol. The van der Waals surface area contributed by atoms with Gasteiger partial charge in [-0.05, 0) is 31.5 Å². The van der Waals surface area contributed by atoms with Crippen molar-refractivity contribution in [3.63, 3.8) is 0 Å². The van der Waals surface area contributed by atoms with E-state index in [0.29, 0.717) is 0 Å². The van der Waals surface area contributed by atoms with Crippen molar-refractivity contribution in [1.29, 1.82) is 0 Å². The van der Waals surface area contributed by atoms with Crippen molar-refractivity contribution in [2.45, 2.75) is 23.8 Å². The third-order valence-electron chi connectivity index (χ3n) is 2.31. The van der Waals surface area contributed by atoms with Crippen LogP contribution >= 0.6 is 12.0 Å². The molecule has 1 saturated heterocycles. The third kappa shape index (κ3) is 4.26. The first kappa shape index (κ1) is 14.3. The summed E-state index contributed by atoms with van der Waals surface area (Å²) in [4.78, 5) is 12.5. The zero-order valence-corrected chi connectivity index (χ0v) is 12.0. The Morgan fingerprint density at radius 2 is 2.12 bits per heavy atom. The molecule has 1 aliphatic rings. The van der Waals surface area contributed by atoms with Crippen LogP contribution in [0, 0.1) is 0 Å². The van der Waals surface area contributed by atoms with Crippen molar-refractivity contribution in [3.05, 3.63) is 30.3 Å². The second kappa shape index (κ2) is 7.56. The van der Waals surface area contributed by atoms with Crippen LogP contribution in [0.1, 0.15) is 12.8 Å². The zero-order chi connectivity index (χ0) is 10.5. The van der Waals surface area contributed by atoms with Gasteiger partial charge in [-0.1, -0.05) is 18.2 Å². The predicted molar refractivity (Wildman–Crippen MR) is 65.2 cm³/mol. The molecular formula is C11H13CaNO2S. The molecule has 1 fully saturated rings. The largest absolute Gasteiger partial charge is 0.385 e. The van der Waals surface area contributed by atoms with E-state index in [1.807, 2.05) is 30.3 Å². The van der Waals surface area contributed by atoms with Crippen LogP contribution in [0.3, 0.4) is 0 Å². The first-order valence-corrected chi connectivity index (χ1v) is 5.77. The van der Waals surface area contributed by atoms with Crippen LogP contribution in [0.15, 0.2) is 35.2 Å². The van der Waals surface area contributed by atoms with Crippen molar-refractivity contribution in [1.82, 2.24) is 5.32 Å². The molecule has 3 nitrogen and oxygen atoms in total. The average Bonchev–Trinajstić information content (AvgIpc) is 2.81. The molecule has 2 rings (SSSR count). The third-order valence-corrected chi connectivity index (χ3v) is 3.02. The van der Waals surface area contributed by atoms with Gasteiger partial charge in [0, 0.05) is 42.6 Å².